The van der Waals surface area contributed by atoms with Crippen molar-refractivity contribution in [3.8, 4) is 0 Å². The Morgan fingerprint density at radius 1 is 0.750 bits per heavy atom. The topological polar surface area (TPSA) is 0 Å². The third kappa shape index (κ3) is 1.78. The minimum atomic E-state index is 1.06. The maximum atomic E-state index is 2.12. The summed E-state index contributed by atoms with van der Waals surface area (Å²) in [6.45, 7) is 0. The smallest absolute Gasteiger partial charge is 0.00474 e. The molecule has 1 radical (unpaired) electrons. The molecular formula is C8H9. The molecule has 0 aromatic rings. The maximum absolute atomic E-state index is 2.12. The molecule has 0 bridgehead atoms. The number of hydrogen-bond acceptors (Lipinski definition) is 0. The molecule has 1 aliphatic carbocycles. The van der Waals surface area contributed by atoms with Crippen LogP contribution in [-0.4, -0.2) is 0 Å². The third-order valence-corrected chi connectivity index (χ3v) is 0.989. The van der Waals surface area contributed by atoms with Crippen LogP contribution in [-0.2, 0) is 0 Å². The van der Waals surface area contributed by atoms with E-state index in [9.17, 15) is 0 Å². The summed E-state index contributed by atoms with van der Waals surface area (Å²) in [7, 11) is 0. The van der Waals surface area contributed by atoms with Gasteiger partial charge in [0, 0.05) is 6.42 Å². The molecule has 0 aromatic heterocycles. The van der Waals surface area contributed by atoms with Gasteiger partial charge in [0.2, 0.25) is 0 Å². The van der Waals surface area contributed by atoms with Crippen molar-refractivity contribution in [3.63, 3.8) is 0 Å². The van der Waals surface area contributed by atoms with E-state index in [1.54, 1.807) is 0 Å². The largest absolute Gasteiger partial charge is 0.0841 e. The molecule has 0 nitrogen and oxygen atoms in total. The average molecular weight is 105 g/mol. The van der Waals surface area contributed by atoms with Gasteiger partial charge < -0.3 is 0 Å². The summed E-state index contributed by atoms with van der Waals surface area (Å²) in [5.74, 6) is 0. The van der Waals surface area contributed by atoms with Gasteiger partial charge in [0.25, 0.3) is 0 Å². The molecule has 0 aromatic carbocycles. The monoisotopic (exact) mass is 105 g/mol. The Morgan fingerprint density at radius 3 is 2.62 bits per heavy atom. The Kier molecular flexibility index (Phi) is 2.18. The number of allylic oxidation sites excluding steroid dienone is 6. The quantitative estimate of drug-likeness (QED) is 0.443. The van der Waals surface area contributed by atoms with E-state index in [2.05, 4.69) is 24.3 Å². The summed E-state index contributed by atoms with van der Waals surface area (Å²) in [5, 5.41) is 0. The van der Waals surface area contributed by atoms with Gasteiger partial charge in [0.05, 0.1) is 0 Å². The fourth-order valence-electron chi connectivity index (χ4n) is 0.585. The summed E-state index contributed by atoms with van der Waals surface area (Å²) < 4.78 is 0. The van der Waals surface area contributed by atoms with Crippen LogP contribution >= 0.6 is 0 Å². The van der Waals surface area contributed by atoms with Crippen molar-refractivity contribution in [1.29, 1.82) is 0 Å². The van der Waals surface area contributed by atoms with Gasteiger partial charge in [-0.2, -0.15) is 0 Å². The van der Waals surface area contributed by atoms with E-state index in [-0.39, 0.29) is 0 Å². The van der Waals surface area contributed by atoms with Gasteiger partial charge in [0.15, 0.2) is 0 Å². The number of rotatable bonds is 0. The fraction of sp³-hybridized carbons (Fsp3) is 0.125. The highest BCUT2D eigenvalue weighted by Crippen LogP contribution is 1.94. The third-order valence-electron chi connectivity index (χ3n) is 0.989. The van der Waals surface area contributed by atoms with Crippen LogP contribution in [0, 0.1) is 6.42 Å². The molecule has 8 heavy (non-hydrogen) atoms. The summed E-state index contributed by atoms with van der Waals surface area (Å²) in [6, 6.07) is 0. The first-order chi connectivity index (χ1) is 4.00. The molecule has 0 N–H and O–H groups in total. The maximum Gasteiger partial charge on any atom is 0.00474 e. The standard InChI is InChI=1S/C8H9/c1-2-4-6-8-7-5-3-1/h1-7H,8H2/b2-1-,6-4-,7-5-. The lowest BCUT2D eigenvalue weighted by atomic mass is 10.2. The first-order valence-corrected chi connectivity index (χ1v) is 2.82. The Hall–Kier alpha value is -0.780. The minimum Gasteiger partial charge on any atom is -0.0841 e. The zero-order valence-corrected chi connectivity index (χ0v) is 4.75. The van der Waals surface area contributed by atoms with Crippen molar-refractivity contribution in [1.82, 2.24) is 0 Å². The first-order valence-electron chi connectivity index (χ1n) is 2.82. The summed E-state index contributed by atoms with van der Waals surface area (Å²) in [4.78, 5) is 0. The van der Waals surface area contributed by atoms with E-state index >= 15 is 0 Å². The Bertz CT molecular complexity index is 111. The lowest BCUT2D eigenvalue weighted by Gasteiger charge is -1.84. The van der Waals surface area contributed by atoms with Gasteiger partial charge in [-0.25, -0.2) is 0 Å². The van der Waals surface area contributed by atoms with Crippen LogP contribution in [0.5, 0.6) is 0 Å². The average Bonchev–Trinajstić information content (AvgIpc) is 1.62. The molecule has 0 heterocycles. The van der Waals surface area contributed by atoms with Gasteiger partial charge >= 0.3 is 0 Å². The van der Waals surface area contributed by atoms with E-state index in [0.29, 0.717) is 0 Å². The first kappa shape index (κ1) is 5.36. The van der Waals surface area contributed by atoms with Crippen molar-refractivity contribution in [2.45, 2.75) is 6.42 Å². The van der Waals surface area contributed by atoms with Gasteiger partial charge in [-0.1, -0.05) is 36.5 Å². The van der Waals surface area contributed by atoms with Crippen LogP contribution in [0.25, 0.3) is 0 Å². The lowest BCUT2D eigenvalue weighted by molar-refractivity contribution is 1.37. The molecule has 0 saturated heterocycles. The van der Waals surface area contributed by atoms with Gasteiger partial charge in [0.1, 0.15) is 0 Å². The van der Waals surface area contributed by atoms with Crippen LogP contribution < -0.4 is 0 Å². The molecule has 0 fully saturated rings. The fourth-order valence-corrected chi connectivity index (χ4v) is 0.585. The highest BCUT2D eigenvalue weighted by Gasteiger charge is 1.74. The molecule has 0 aliphatic heterocycles. The lowest BCUT2D eigenvalue weighted by Crippen LogP contribution is -1.65. The van der Waals surface area contributed by atoms with Crippen molar-refractivity contribution in [3.05, 3.63) is 42.9 Å². The molecule has 0 amide bonds. The zero-order valence-electron chi connectivity index (χ0n) is 4.75. The summed E-state index contributed by atoms with van der Waals surface area (Å²) >= 11 is 0. The molecule has 0 saturated carbocycles. The van der Waals surface area contributed by atoms with E-state index < -0.39 is 0 Å². The van der Waals surface area contributed by atoms with Crippen LogP contribution in [0.1, 0.15) is 6.42 Å². The molecule has 1 rings (SSSR count). The zero-order chi connectivity index (χ0) is 5.66. The Morgan fingerprint density at radius 2 is 1.62 bits per heavy atom. The summed E-state index contributed by atoms with van der Waals surface area (Å²) in [6.07, 6.45) is 15.5. The van der Waals surface area contributed by atoms with E-state index in [0.717, 1.165) is 6.42 Å². The molecule has 0 atom stereocenters. The van der Waals surface area contributed by atoms with Gasteiger partial charge in [-0.15, -0.1) is 0 Å². The highest BCUT2D eigenvalue weighted by molar-refractivity contribution is 5.17. The Labute approximate surface area is 50.2 Å². The van der Waals surface area contributed by atoms with E-state index in [4.69, 9.17) is 0 Å². The normalized spacial score (nSPS) is 30.0. The second-order valence-electron chi connectivity index (χ2n) is 1.67. The van der Waals surface area contributed by atoms with Crippen LogP contribution in [0.15, 0.2) is 36.5 Å². The highest BCUT2D eigenvalue weighted by atomic mass is 13.8. The SMILES string of the molecule is [CH]1/C=C\C=C/C/C=C\1. The molecular weight excluding hydrogens is 96.1 g/mol. The van der Waals surface area contributed by atoms with Crippen LogP contribution in [0.3, 0.4) is 0 Å². The molecule has 1 aliphatic rings. The van der Waals surface area contributed by atoms with Crippen molar-refractivity contribution >= 4 is 0 Å². The minimum absolute atomic E-state index is 1.06. The van der Waals surface area contributed by atoms with Crippen LogP contribution in [0.2, 0.25) is 0 Å². The second kappa shape index (κ2) is 3.25. The van der Waals surface area contributed by atoms with E-state index in [1.165, 1.54) is 0 Å². The van der Waals surface area contributed by atoms with Crippen molar-refractivity contribution in [2.24, 2.45) is 0 Å². The molecule has 41 valence electrons. The molecule has 0 heteroatoms. The molecule has 0 unspecified atom stereocenters. The number of hydrogen-bond donors (Lipinski definition) is 0. The predicted octanol–water partition coefficient (Wildman–Crippen LogP) is 2.26. The summed E-state index contributed by atoms with van der Waals surface area (Å²) in [5.41, 5.74) is 0. The van der Waals surface area contributed by atoms with Gasteiger partial charge in [-0.05, 0) is 6.42 Å². The van der Waals surface area contributed by atoms with Crippen molar-refractivity contribution < 1.29 is 0 Å². The van der Waals surface area contributed by atoms with Gasteiger partial charge in [-0.3, -0.25) is 0 Å². The second-order valence-corrected chi connectivity index (χ2v) is 1.67. The molecule has 0 spiro atoms. The van der Waals surface area contributed by atoms with Crippen molar-refractivity contribution in [2.75, 3.05) is 0 Å². The predicted molar refractivity (Wildman–Crippen MR) is 36.3 cm³/mol. The Balaban J connectivity index is 2.51. The van der Waals surface area contributed by atoms with Crippen LogP contribution in [0.4, 0.5) is 0 Å². The van der Waals surface area contributed by atoms with E-state index in [1.807, 2.05) is 18.6 Å².